The standard InChI is InChI=1S/C45H38O12/c46-24-16-27(48)33-32(17-24)55-42(22-12-6-2-7-13-22)39(53)37(33)35-29(50)20-30(51)36-38(40(54)43(57-45(35)36)23-14-8-3-9-15-23)34-28(49)19-26(47)25-18-31(52)41(56-44(25)34)21-10-4-1-5-11-21/h1-17,19-20,31,37-43,46-54H,18H2. The SMILES string of the molecule is Oc1cc(O)c2c(c1)OC(c1ccccc1)C(O)C2c1c(O)cc(O)c2c1OC(c1ccccc1)C(O)C2c1c(O)cc(O)c2c1OC(c1ccccc1)C(O)C2. The van der Waals surface area contributed by atoms with Crippen LogP contribution in [0.3, 0.4) is 0 Å². The van der Waals surface area contributed by atoms with Crippen molar-refractivity contribution in [2.45, 2.75) is 54.9 Å². The fourth-order valence-electron chi connectivity index (χ4n) is 8.72. The van der Waals surface area contributed by atoms with Gasteiger partial charge in [0.1, 0.15) is 70.1 Å². The molecule has 0 bridgehead atoms. The van der Waals surface area contributed by atoms with Crippen LogP contribution in [0.15, 0.2) is 115 Å². The highest BCUT2D eigenvalue weighted by atomic mass is 16.5. The van der Waals surface area contributed by atoms with E-state index in [1.165, 1.54) is 6.07 Å². The molecule has 0 fully saturated rings. The lowest BCUT2D eigenvalue weighted by atomic mass is 9.73. The second kappa shape index (κ2) is 13.9. The lowest BCUT2D eigenvalue weighted by Crippen LogP contribution is -2.39. The number of rotatable bonds is 5. The Hall–Kier alpha value is -6.60. The first-order chi connectivity index (χ1) is 27.5. The van der Waals surface area contributed by atoms with Gasteiger partial charge in [-0.15, -0.1) is 0 Å². The minimum atomic E-state index is -1.57. The van der Waals surface area contributed by atoms with Gasteiger partial charge in [-0.1, -0.05) is 91.0 Å². The number of aliphatic hydroxyl groups excluding tert-OH is 3. The molecule has 12 heteroatoms. The van der Waals surface area contributed by atoms with E-state index in [0.29, 0.717) is 16.7 Å². The average molecular weight is 771 g/mol. The zero-order chi connectivity index (χ0) is 39.7. The quantitative estimate of drug-likeness (QED) is 0.0959. The lowest BCUT2D eigenvalue weighted by molar-refractivity contribution is -0.00552. The third-order valence-electron chi connectivity index (χ3n) is 11.2. The largest absolute Gasteiger partial charge is 0.508 e. The van der Waals surface area contributed by atoms with Crippen molar-refractivity contribution in [2.24, 2.45) is 0 Å². The normalized spacial score (nSPS) is 24.8. The van der Waals surface area contributed by atoms with Gasteiger partial charge in [0.15, 0.2) is 12.2 Å². The minimum absolute atomic E-state index is 0.00564. The van der Waals surface area contributed by atoms with Crippen molar-refractivity contribution in [3.8, 4) is 51.7 Å². The monoisotopic (exact) mass is 770 g/mol. The molecule has 9 N–H and O–H groups in total. The van der Waals surface area contributed by atoms with Gasteiger partial charge in [0.2, 0.25) is 0 Å². The van der Waals surface area contributed by atoms with Crippen LogP contribution < -0.4 is 14.2 Å². The molecule has 3 aliphatic rings. The van der Waals surface area contributed by atoms with Gasteiger partial charge in [-0.3, -0.25) is 0 Å². The number of benzene rings is 6. The summed E-state index contributed by atoms with van der Waals surface area (Å²) in [6.45, 7) is 0. The Morgan fingerprint density at radius 2 is 0.842 bits per heavy atom. The molecule has 3 aliphatic heterocycles. The van der Waals surface area contributed by atoms with E-state index in [4.69, 9.17) is 14.2 Å². The van der Waals surface area contributed by atoms with E-state index < -0.39 is 71.5 Å². The second-order valence-electron chi connectivity index (χ2n) is 14.6. The van der Waals surface area contributed by atoms with Crippen molar-refractivity contribution in [3.05, 3.63) is 160 Å². The van der Waals surface area contributed by atoms with Gasteiger partial charge >= 0.3 is 0 Å². The molecule has 9 rings (SSSR count). The first-order valence-corrected chi connectivity index (χ1v) is 18.4. The fraction of sp³-hybridized carbons (Fsp3) is 0.200. The van der Waals surface area contributed by atoms with Crippen LogP contribution in [-0.4, -0.2) is 64.3 Å². The molecule has 0 amide bonds. The molecular formula is C45H38O12. The zero-order valence-electron chi connectivity index (χ0n) is 30.0. The van der Waals surface area contributed by atoms with E-state index in [1.54, 1.807) is 84.9 Å². The maximum absolute atomic E-state index is 12.5. The highest BCUT2D eigenvalue weighted by Crippen LogP contribution is 2.62. The zero-order valence-corrected chi connectivity index (χ0v) is 30.0. The van der Waals surface area contributed by atoms with Crippen molar-refractivity contribution < 1.29 is 60.2 Å². The Morgan fingerprint density at radius 1 is 0.421 bits per heavy atom. The molecule has 57 heavy (non-hydrogen) atoms. The number of fused-ring (bicyclic) bond motifs is 3. The second-order valence-corrected chi connectivity index (χ2v) is 14.6. The van der Waals surface area contributed by atoms with E-state index in [9.17, 15) is 46.0 Å². The van der Waals surface area contributed by atoms with Gasteiger partial charge in [-0.25, -0.2) is 0 Å². The summed E-state index contributed by atoms with van der Waals surface area (Å²) in [6, 6.07) is 30.8. The van der Waals surface area contributed by atoms with E-state index >= 15 is 0 Å². The van der Waals surface area contributed by atoms with E-state index in [-0.39, 0.29) is 63.0 Å². The third-order valence-corrected chi connectivity index (χ3v) is 11.2. The predicted molar refractivity (Wildman–Crippen MR) is 204 cm³/mol. The lowest BCUT2D eigenvalue weighted by Gasteiger charge is -2.43. The summed E-state index contributed by atoms with van der Waals surface area (Å²) in [7, 11) is 0. The van der Waals surface area contributed by atoms with Crippen LogP contribution in [0.5, 0.6) is 51.7 Å². The summed E-state index contributed by atoms with van der Waals surface area (Å²) in [5.41, 5.74) is 1.55. The first-order valence-electron chi connectivity index (χ1n) is 18.4. The number of aliphatic hydroxyl groups is 3. The van der Waals surface area contributed by atoms with Crippen LogP contribution in [0.1, 0.15) is 74.7 Å². The van der Waals surface area contributed by atoms with Crippen LogP contribution >= 0.6 is 0 Å². The van der Waals surface area contributed by atoms with Crippen molar-refractivity contribution in [2.75, 3.05) is 0 Å². The van der Waals surface area contributed by atoms with Crippen molar-refractivity contribution in [3.63, 3.8) is 0 Å². The van der Waals surface area contributed by atoms with E-state index in [2.05, 4.69) is 0 Å². The number of aromatic hydroxyl groups is 6. The first kappa shape index (κ1) is 36.1. The molecule has 0 aromatic heterocycles. The summed E-state index contributed by atoms with van der Waals surface area (Å²) in [6.07, 6.45) is -7.57. The Morgan fingerprint density at radius 3 is 1.39 bits per heavy atom. The Balaban J connectivity index is 1.31. The molecule has 0 saturated heterocycles. The molecule has 290 valence electrons. The molecular weight excluding hydrogens is 732 g/mol. The van der Waals surface area contributed by atoms with Gasteiger partial charge in [0, 0.05) is 58.5 Å². The van der Waals surface area contributed by atoms with Gasteiger partial charge in [-0.2, -0.15) is 0 Å². The Labute approximate surface area is 325 Å². The van der Waals surface area contributed by atoms with Gasteiger partial charge < -0.3 is 60.2 Å². The smallest absolute Gasteiger partial charge is 0.150 e. The molecule has 8 atom stereocenters. The van der Waals surface area contributed by atoms with Crippen LogP contribution in [0, 0.1) is 0 Å². The number of hydrogen-bond donors (Lipinski definition) is 9. The topological polar surface area (TPSA) is 210 Å². The molecule has 6 aromatic carbocycles. The summed E-state index contributed by atoms with van der Waals surface area (Å²) in [4.78, 5) is 0. The van der Waals surface area contributed by atoms with Gasteiger partial charge in [-0.05, 0) is 16.7 Å². The maximum atomic E-state index is 12.5. The molecule has 0 spiro atoms. The summed E-state index contributed by atoms with van der Waals surface area (Å²) in [5.74, 6) is -5.65. The molecule has 3 heterocycles. The molecule has 6 aromatic rings. The molecule has 12 nitrogen and oxygen atoms in total. The van der Waals surface area contributed by atoms with Crippen LogP contribution in [0.4, 0.5) is 0 Å². The van der Waals surface area contributed by atoms with Crippen LogP contribution in [-0.2, 0) is 6.42 Å². The number of ether oxygens (including phenoxy) is 3. The Bertz CT molecular complexity index is 2480. The molecule has 0 saturated carbocycles. The fourth-order valence-corrected chi connectivity index (χ4v) is 8.72. The number of hydrogen-bond acceptors (Lipinski definition) is 12. The van der Waals surface area contributed by atoms with Crippen molar-refractivity contribution in [1.82, 2.24) is 0 Å². The number of phenolic OH excluding ortho intramolecular Hbond substituents is 6. The highest BCUT2D eigenvalue weighted by molar-refractivity contribution is 5.70. The Kier molecular flexibility index (Phi) is 8.76. The van der Waals surface area contributed by atoms with Crippen molar-refractivity contribution in [1.29, 1.82) is 0 Å². The predicted octanol–water partition coefficient (Wildman–Crippen LogP) is 6.21. The van der Waals surface area contributed by atoms with Crippen LogP contribution in [0.25, 0.3) is 0 Å². The molecule has 8 unspecified atom stereocenters. The molecule has 0 radical (unpaired) electrons. The van der Waals surface area contributed by atoms with E-state index in [0.717, 1.165) is 18.2 Å². The average Bonchev–Trinajstić information content (AvgIpc) is 3.20. The van der Waals surface area contributed by atoms with E-state index in [1.807, 2.05) is 6.07 Å². The minimum Gasteiger partial charge on any atom is -0.508 e. The van der Waals surface area contributed by atoms with Crippen molar-refractivity contribution >= 4 is 0 Å². The summed E-state index contributed by atoms with van der Waals surface area (Å²) < 4.78 is 19.3. The third kappa shape index (κ3) is 5.88. The number of phenols is 6. The molecule has 0 aliphatic carbocycles. The summed E-state index contributed by atoms with van der Waals surface area (Å²) in [5, 5.41) is 105. The van der Waals surface area contributed by atoms with Gasteiger partial charge in [0.05, 0.1) is 17.9 Å². The summed E-state index contributed by atoms with van der Waals surface area (Å²) >= 11 is 0. The van der Waals surface area contributed by atoms with Crippen LogP contribution in [0.2, 0.25) is 0 Å². The maximum Gasteiger partial charge on any atom is 0.150 e. The van der Waals surface area contributed by atoms with Gasteiger partial charge in [0.25, 0.3) is 0 Å². The highest BCUT2D eigenvalue weighted by Gasteiger charge is 2.50.